The average Bonchev–Trinajstić information content (AvgIpc) is 2.75. The standard InChI is InChI=1S/C22H31N3O3/c26-21-7-6-20(17-24(21)10-3-9-23-12-14-28-15-13-23)22(27)25-11-8-18-4-1-2-5-19(18)16-25/h1-2,4-5,20H,3,6-17H2/t20-/m0/s1. The van der Waals surface area contributed by atoms with Gasteiger partial charge in [0.25, 0.3) is 0 Å². The molecule has 6 nitrogen and oxygen atoms in total. The zero-order valence-electron chi connectivity index (χ0n) is 16.6. The Labute approximate surface area is 167 Å². The number of hydrogen-bond donors (Lipinski definition) is 0. The van der Waals surface area contributed by atoms with Crippen LogP contribution in [0.15, 0.2) is 24.3 Å². The predicted octanol–water partition coefficient (Wildman–Crippen LogP) is 1.53. The summed E-state index contributed by atoms with van der Waals surface area (Å²) in [6.07, 6.45) is 3.08. The van der Waals surface area contributed by atoms with E-state index >= 15 is 0 Å². The minimum Gasteiger partial charge on any atom is -0.379 e. The molecule has 0 radical (unpaired) electrons. The van der Waals surface area contributed by atoms with Gasteiger partial charge in [0.1, 0.15) is 0 Å². The number of fused-ring (bicyclic) bond motifs is 1. The second-order valence-corrected chi connectivity index (χ2v) is 8.16. The zero-order chi connectivity index (χ0) is 19.3. The first-order valence-electron chi connectivity index (χ1n) is 10.6. The highest BCUT2D eigenvalue weighted by atomic mass is 16.5. The van der Waals surface area contributed by atoms with Gasteiger partial charge in [-0.25, -0.2) is 0 Å². The maximum Gasteiger partial charge on any atom is 0.227 e. The van der Waals surface area contributed by atoms with Crippen LogP contribution in [-0.2, 0) is 27.3 Å². The molecule has 28 heavy (non-hydrogen) atoms. The van der Waals surface area contributed by atoms with Crippen LogP contribution in [0.2, 0.25) is 0 Å². The largest absolute Gasteiger partial charge is 0.379 e. The van der Waals surface area contributed by atoms with Gasteiger partial charge in [-0.3, -0.25) is 14.5 Å². The number of carbonyl (C=O) groups excluding carboxylic acids is 2. The zero-order valence-corrected chi connectivity index (χ0v) is 16.6. The molecule has 0 spiro atoms. The van der Waals surface area contributed by atoms with Crippen LogP contribution < -0.4 is 0 Å². The number of morpholine rings is 1. The van der Waals surface area contributed by atoms with Crippen LogP contribution in [0.25, 0.3) is 0 Å². The SMILES string of the molecule is O=C1CC[C@H](C(=O)N2CCc3ccccc3C2)CN1CCCN1CCOCC1. The van der Waals surface area contributed by atoms with Gasteiger partial charge in [0.05, 0.1) is 19.1 Å². The van der Waals surface area contributed by atoms with Gasteiger partial charge in [0.2, 0.25) is 11.8 Å². The normalized spacial score (nSPS) is 23.6. The van der Waals surface area contributed by atoms with Crippen molar-refractivity contribution in [3.05, 3.63) is 35.4 Å². The fraction of sp³-hybridized carbons (Fsp3) is 0.636. The highest BCUT2D eigenvalue weighted by Gasteiger charge is 2.33. The quantitative estimate of drug-likeness (QED) is 0.771. The summed E-state index contributed by atoms with van der Waals surface area (Å²) >= 11 is 0. The molecule has 2 amide bonds. The molecule has 0 bridgehead atoms. The van der Waals surface area contributed by atoms with Gasteiger partial charge < -0.3 is 14.5 Å². The van der Waals surface area contributed by atoms with E-state index in [2.05, 4.69) is 23.1 Å². The van der Waals surface area contributed by atoms with Gasteiger partial charge in [-0.15, -0.1) is 0 Å². The molecule has 2 fully saturated rings. The summed E-state index contributed by atoms with van der Waals surface area (Å²) in [5.74, 6) is 0.376. The first kappa shape index (κ1) is 19.4. The summed E-state index contributed by atoms with van der Waals surface area (Å²) in [6, 6.07) is 8.39. The van der Waals surface area contributed by atoms with Crippen molar-refractivity contribution in [2.75, 3.05) is 52.5 Å². The van der Waals surface area contributed by atoms with Crippen LogP contribution in [-0.4, -0.2) is 79.0 Å². The third-order valence-corrected chi connectivity index (χ3v) is 6.30. The summed E-state index contributed by atoms with van der Waals surface area (Å²) in [4.78, 5) is 31.8. The van der Waals surface area contributed by atoms with E-state index in [9.17, 15) is 9.59 Å². The maximum absolute atomic E-state index is 13.1. The maximum atomic E-state index is 13.1. The van der Waals surface area contributed by atoms with Crippen LogP contribution in [0.1, 0.15) is 30.4 Å². The molecule has 1 aromatic rings. The van der Waals surface area contributed by atoms with E-state index in [1.54, 1.807) is 0 Å². The van der Waals surface area contributed by atoms with Gasteiger partial charge in [-0.1, -0.05) is 24.3 Å². The van der Waals surface area contributed by atoms with Crippen molar-refractivity contribution in [3.63, 3.8) is 0 Å². The van der Waals surface area contributed by atoms with E-state index in [0.717, 1.165) is 58.8 Å². The van der Waals surface area contributed by atoms with Crippen molar-refractivity contribution in [1.82, 2.24) is 14.7 Å². The van der Waals surface area contributed by atoms with E-state index in [0.29, 0.717) is 25.9 Å². The lowest BCUT2D eigenvalue weighted by atomic mass is 9.93. The minimum absolute atomic E-state index is 0.0497. The summed E-state index contributed by atoms with van der Waals surface area (Å²) in [5.41, 5.74) is 2.62. The molecule has 3 heterocycles. The molecule has 0 saturated carbocycles. The first-order valence-corrected chi connectivity index (χ1v) is 10.6. The molecule has 4 rings (SSSR count). The molecule has 1 aromatic carbocycles. The van der Waals surface area contributed by atoms with Crippen molar-refractivity contribution in [2.24, 2.45) is 5.92 Å². The number of piperidine rings is 1. The Bertz CT molecular complexity index is 702. The summed E-state index contributed by atoms with van der Waals surface area (Å²) in [6.45, 7) is 7.39. The van der Waals surface area contributed by atoms with E-state index in [1.165, 1.54) is 11.1 Å². The molecule has 6 heteroatoms. The minimum atomic E-state index is -0.0497. The number of ether oxygens (including phenoxy) is 1. The Kier molecular flexibility index (Phi) is 6.27. The summed E-state index contributed by atoms with van der Waals surface area (Å²) in [7, 11) is 0. The smallest absolute Gasteiger partial charge is 0.227 e. The van der Waals surface area contributed by atoms with Gasteiger partial charge >= 0.3 is 0 Å². The van der Waals surface area contributed by atoms with Crippen LogP contribution in [0.3, 0.4) is 0 Å². The third-order valence-electron chi connectivity index (χ3n) is 6.30. The van der Waals surface area contributed by atoms with Crippen LogP contribution >= 0.6 is 0 Å². The number of benzene rings is 1. The molecule has 0 aromatic heterocycles. The lowest BCUT2D eigenvalue weighted by Gasteiger charge is -2.37. The molecule has 0 N–H and O–H groups in total. The van der Waals surface area contributed by atoms with E-state index < -0.39 is 0 Å². The monoisotopic (exact) mass is 385 g/mol. The first-order chi connectivity index (χ1) is 13.7. The van der Waals surface area contributed by atoms with Crippen molar-refractivity contribution >= 4 is 11.8 Å². The van der Waals surface area contributed by atoms with Gasteiger partial charge in [-0.05, 0) is 30.4 Å². The Morgan fingerprint density at radius 1 is 1.04 bits per heavy atom. The van der Waals surface area contributed by atoms with Crippen LogP contribution in [0, 0.1) is 5.92 Å². The number of nitrogens with zero attached hydrogens (tertiary/aromatic N) is 3. The topological polar surface area (TPSA) is 53.1 Å². The Balaban J connectivity index is 1.29. The van der Waals surface area contributed by atoms with Crippen molar-refractivity contribution < 1.29 is 14.3 Å². The van der Waals surface area contributed by atoms with Crippen LogP contribution in [0.4, 0.5) is 0 Å². The average molecular weight is 386 g/mol. The molecular formula is C22H31N3O3. The molecule has 3 aliphatic rings. The summed E-state index contributed by atoms with van der Waals surface area (Å²) in [5, 5.41) is 0. The number of likely N-dealkylation sites (tertiary alicyclic amines) is 1. The molecule has 2 saturated heterocycles. The highest BCUT2D eigenvalue weighted by molar-refractivity contribution is 5.84. The third kappa shape index (κ3) is 4.55. The van der Waals surface area contributed by atoms with E-state index in [4.69, 9.17) is 4.74 Å². The number of hydrogen-bond acceptors (Lipinski definition) is 4. The predicted molar refractivity (Wildman–Crippen MR) is 107 cm³/mol. The molecule has 0 aliphatic carbocycles. The van der Waals surface area contributed by atoms with Gasteiger partial charge in [0.15, 0.2) is 0 Å². The Morgan fingerprint density at radius 2 is 1.82 bits per heavy atom. The molecule has 3 aliphatic heterocycles. The second-order valence-electron chi connectivity index (χ2n) is 8.16. The lowest BCUT2D eigenvalue weighted by molar-refractivity contribution is -0.143. The van der Waals surface area contributed by atoms with Crippen molar-refractivity contribution in [3.8, 4) is 0 Å². The van der Waals surface area contributed by atoms with E-state index in [1.807, 2.05) is 15.9 Å². The Morgan fingerprint density at radius 3 is 2.64 bits per heavy atom. The van der Waals surface area contributed by atoms with Crippen molar-refractivity contribution in [1.29, 1.82) is 0 Å². The molecular weight excluding hydrogens is 354 g/mol. The fourth-order valence-corrected chi connectivity index (χ4v) is 4.58. The molecule has 152 valence electrons. The molecule has 1 atom stereocenters. The van der Waals surface area contributed by atoms with Crippen LogP contribution in [0.5, 0.6) is 0 Å². The lowest BCUT2D eigenvalue weighted by Crippen LogP contribution is -2.48. The number of carbonyl (C=O) groups is 2. The van der Waals surface area contributed by atoms with Gasteiger partial charge in [0, 0.05) is 52.2 Å². The highest BCUT2D eigenvalue weighted by Crippen LogP contribution is 2.24. The van der Waals surface area contributed by atoms with Crippen molar-refractivity contribution in [2.45, 2.75) is 32.2 Å². The fourth-order valence-electron chi connectivity index (χ4n) is 4.58. The second kappa shape index (κ2) is 9.05. The number of rotatable bonds is 5. The van der Waals surface area contributed by atoms with Gasteiger partial charge in [-0.2, -0.15) is 0 Å². The molecule has 0 unspecified atom stereocenters. The Hall–Kier alpha value is -1.92. The summed E-state index contributed by atoms with van der Waals surface area (Å²) < 4.78 is 5.38. The number of amides is 2. The van der Waals surface area contributed by atoms with E-state index in [-0.39, 0.29) is 17.7 Å².